The van der Waals surface area contributed by atoms with Gasteiger partial charge in [-0.25, -0.2) is 9.82 Å². The van der Waals surface area contributed by atoms with Crippen LogP contribution in [0.4, 0.5) is 17.6 Å². The number of nitrogens with two attached hydrogens (primary N) is 1. The third-order valence-electron chi connectivity index (χ3n) is 3.21. The molecule has 7 heteroatoms. The maximum Gasteiger partial charge on any atom is 0.419 e. The Hall–Kier alpha value is -1.86. The zero-order valence-electron chi connectivity index (χ0n) is 11.2. The van der Waals surface area contributed by atoms with Gasteiger partial charge in [0, 0.05) is 12.0 Å². The van der Waals surface area contributed by atoms with Crippen molar-refractivity contribution in [3.05, 3.63) is 58.8 Å². The van der Waals surface area contributed by atoms with Gasteiger partial charge in [-0.3, -0.25) is 5.84 Å². The van der Waals surface area contributed by atoms with Gasteiger partial charge in [-0.2, -0.15) is 13.2 Å². The van der Waals surface area contributed by atoms with E-state index >= 15 is 0 Å². The average Bonchev–Trinajstić information content (AvgIpc) is 2.88. The Kier molecular flexibility index (Phi) is 4.34. The second-order valence-corrected chi connectivity index (χ2v) is 4.49. The lowest BCUT2D eigenvalue weighted by atomic mass is 9.97. The first kappa shape index (κ1) is 15.5. The fourth-order valence-electron chi connectivity index (χ4n) is 2.20. The van der Waals surface area contributed by atoms with Crippen LogP contribution < -0.4 is 11.3 Å². The Morgan fingerprint density at radius 3 is 2.57 bits per heavy atom. The molecule has 0 aliphatic heterocycles. The van der Waals surface area contributed by atoms with E-state index in [9.17, 15) is 17.6 Å². The van der Waals surface area contributed by atoms with Crippen molar-refractivity contribution < 1.29 is 22.0 Å². The lowest BCUT2D eigenvalue weighted by Crippen LogP contribution is -2.29. The number of nitrogens with one attached hydrogen (secondary N) is 1. The van der Waals surface area contributed by atoms with Crippen molar-refractivity contribution in [3.8, 4) is 0 Å². The monoisotopic (exact) mass is 302 g/mol. The molecule has 2 rings (SSSR count). The lowest BCUT2D eigenvalue weighted by Gasteiger charge is -2.18. The van der Waals surface area contributed by atoms with Gasteiger partial charge in [-0.15, -0.1) is 0 Å². The van der Waals surface area contributed by atoms with Crippen molar-refractivity contribution in [1.82, 2.24) is 5.43 Å². The molecule has 2 aromatic rings. The number of hydrazine groups is 1. The molecule has 0 fully saturated rings. The summed E-state index contributed by atoms with van der Waals surface area (Å²) in [7, 11) is 0. The molecule has 1 heterocycles. The van der Waals surface area contributed by atoms with Crippen molar-refractivity contribution in [2.24, 2.45) is 5.84 Å². The molecule has 3 N–H and O–H groups in total. The third kappa shape index (κ3) is 3.08. The van der Waals surface area contributed by atoms with E-state index in [0.717, 1.165) is 12.1 Å². The van der Waals surface area contributed by atoms with E-state index in [0.29, 0.717) is 17.7 Å². The molecule has 0 aliphatic rings. The van der Waals surface area contributed by atoms with Crippen LogP contribution in [0, 0.1) is 5.82 Å². The minimum atomic E-state index is -4.76. The number of halogens is 4. The van der Waals surface area contributed by atoms with Gasteiger partial charge in [0.1, 0.15) is 11.6 Å². The predicted octanol–water partition coefficient (Wildman–Crippen LogP) is 3.55. The van der Waals surface area contributed by atoms with E-state index in [-0.39, 0.29) is 5.56 Å². The molecule has 0 saturated carbocycles. The Morgan fingerprint density at radius 2 is 2.00 bits per heavy atom. The Labute approximate surface area is 118 Å². The van der Waals surface area contributed by atoms with Crippen molar-refractivity contribution in [2.75, 3.05) is 0 Å². The normalized spacial score (nSPS) is 13.4. The zero-order valence-corrected chi connectivity index (χ0v) is 11.2. The average molecular weight is 302 g/mol. The van der Waals surface area contributed by atoms with Gasteiger partial charge in [-0.1, -0.05) is 13.0 Å². The van der Waals surface area contributed by atoms with Crippen LogP contribution in [0.5, 0.6) is 0 Å². The molecule has 1 unspecified atom stereocenters. The maximum atomic E-state index is 13.3. The summed E-state index contributed by atoms with van der Waals surface area (Å²) in [6.07, 6.45) is -2.76. The first-order valence-corrected chi connectivity index (χ1v) is 6.27. The van der Waals surface area contributed by atoms with Crippen LogP contribution in [0.25, 0.3) is 0 Å². The minimum absolute atomic E-state index is 0.210. The minimum Gasteiger partial charge on any atom is -0.469 e. The molecule has 1 aromatic heterocycles. The molecule has 0 amide bonds. The molecule has 1 atom stereocenters. The van der Waals surface area contributed by atoms with Crippen LogP contribution in [0.2, 0.25) is 0 Å². The molecule has 3 nitrogen and oxygen atoms in total. The standard InChI is InChI=1S/C14H14F4N2O/c1-2-12-9(5-6-21-12)13(20-19)8-3-4-11(15)10(7-8)14(16,17)18/h3-7,13,20H,2,19H2,1H3. The number of aryl methyl sites for hydroxylation is 1. The second-order valence-electron chi connectivity index (χ2n) is 4.49. The van der Waals surface area contributed by atoms with Gasteiger partial charge in [0.2, 0.25) is 0 Å². The summed E-state index contributed by atoms with van der Waals surface area (Å²) < 4.78 is 56.9. The topological polar surface area (TPSA) is 51.2 Å². The van der Waals surface area contributed by atoms with Crippen LogP contribution in [-0.4, -0.2) is 0 Å². The van der Waals surface area contributed by atoms with Crippen molar-refractivity contribution >= 4 is 0 Å². The summed E-state index contributed by atoms with van der Waals surface area (Å²) >= 11 is 0. The third-order valence-corrected chi connectivity index (χ3v) is 3.21. The van der Waals surface area contributed by atoms with Crippen LogP contribution in [0.1, 0.15) is 35.4 Å². The highest BCUT2D eigenvalue weighted by Crippen LogP contribution is 2.34. The van der Waals surface area contributed by atoms with Crippen molar-refractivity contribution in [3.63, 3.8) is 0 Å². The molecule has 1 aromatic carbocycles. The smallest absolute Gasteiger partial charge is 0.419 e. The number of hydrogen-bond acceptors (Lipinski definition) is 3. The summed E-state index contributed by atoms with van der Waals surface area (Å²) in [5.41, 5.74) is 1.96. The highest BCUT2D eigenvalue weighted by atomic mass is 19.4. The lowest BCUT2D eigenvalue weighted by molar-refractivity contribution is -0.140. The molecular weight excluding hydrogens is 288 g/mol. The molecule has 0 bridgehead atoms. The van der Waals surface area contributed by atoms with E-state index in [2.05, 4.69) is 5.43 Å². The first-order valence-electron chi connectivity index (χ1n) is 6.27. The summed E-state index contributed by atoms with van der Waals surface area (Å²) in [5, 5.41) is 0. The Morgan fingerprint density at radius 1 is 1.29 bits per heavy atom. The molecule has 0 aliphatic carbocycles. The Balaban J connectivity index is 2.49. The Bertz CT molecular complexity index is 622. The van der Waals surface area contributed by atoms with Gasteiger partial charge >= 0.3 is 6.18 Å². The number of rotatable bonds is 4. The van der Waals surface area contributed by atoms with Crippen LogP contribution >= 0.6 is 0 Å². The highest BCUT2D eigenvalue weighted by molar-refractivity contribution is 5.36. The van der Waals surface area contributed by atoms with Crippen molar-refractivity contribution in [2.45, 2.75) is 25.6 Å². The van der Waals surface area contributed by atoms with Gasteiger partial charge in [0.25, 0.3) is 0 Å². The largest absolute Gasteiger partial charge is 0.469 e. The van der Waals surface area contributed by atoms with Gasteiger partial charge in [0.05, 0.1) is 17.9 Å². The quantitative estimate of drug-likeness (QED) is 0.516. The number of alkyl halides is 3. The van der Waals surface area contributed by atoms with E-state index in [1.54, 1.807) is 6.07 Å². The molecule has 0 radical (unpaired) electrons. The fourth-order valence-corrected chi connectivity index (χ4v) is 2.20. The first-order chi connectivity index (χ1) is 9.88. The summed E-state index contributed by atoms with van der Waals surface area (Å²) in [6.45, 7) is 1.85. The van der Waals surface area contributed by atoms with Crippen LogP contribution in [0.15, 0.2) is 34.9 Å². The number of hydrogen-bond donors (Lipinski definition) is 2. The van der Waals surface area contributed by atoms with E-state index < -0.39 is 23.6 Å². The van der Waals surface area contributed by atoms with E-state index in [1.165, 1.54) is 12.3 Å². The molecule has 0 spiro atoms. The summed E-state index contributed by atoms with van der Waals surface area (Å²) in [6, 6.07) is 3.72. The summed E-state index contributed by atoms with van der Waals surface area (Å²) in [5.74, 6) is 4.74. The van der Waals surface area contributed by atoms with Gasteiger partial charge in [0.15, 0.2) is 0 Å². The second kappa shape index (κ2) is 5.87. The summed E-state index contributed by atoms with van der Waals surface area (Å²) in [4.78, 5) is 0. The van der Waals surface area contributed by atoms with Crippen LogP contribution in [0.3, 0.4) is 0 Å². The van der Waals surface area contributed by atoms with Crippen molar-refractivity contribution in [1.29, 1.82) is 0 Å². The van der Waals surface area contributed by atoms with Gasteiger partial charge in [-0.05, 0) is 23.8 Å². The fraction of sp³-hybridized carbons (Fsp3) is 0.286. The molecule has 114 valence electrons. The zero-order chi connectivity index (χ0) is 15.6. The van der Waals surface area contributed by atoms with E-state index in [1.807, 2.05) is 6.92 Å². The predicted molar refractivity (Wildman–Crippen MR) is 68.7 cm³/mol. The SMILES string of the molecule is CCc1occc1C(NN)c1ccc(F)c(C(F)(F)F)c1. The number of furan rings is 1. The van der Waals surface area contributed by atoms with Gasteiger partial charge < -0.3 is 4.42 Å². The van der Waals surface area contributed by atoms with E-state index in [4.69, 9.17) is 10.3 Å². The maximum absolute atomic E-state index is 13.3. The van der Waals surface area contributed by atoms with Crippen LogP contribution in [-0.2, 0) is 12.6 Å². The highest BCUT2D eigenvalue weighted by Gasteiger charge is 2.35. The number of benzene rings is 1. The molecule has 0 saturated heterocycles. The molecule has 21 heavy (non-hydrogen) atoms. The molecular formula is C14H14F4N2O.